The lowest BCUT2D eigenvalue weighted by Gasteiger charge is -2.17. The highest BCUT2D eigenvalue weighted by Crippen LogP contribution is 2.27. The Balaban J connectivity index is 2.19. The van der Waals surface area contributed by atoms with Crippen molar-refractivity contribution < 1.29 is 4.42 Å². The van der Waals surface area contributed by atoms with Crippen molar-refractivity contribution in [1.29, 1.82) is 0 Å². The van der Waals surface area contributed by atoms with Crippen molar-refractivity contribution in [2.75, 3.05) is 6.54 Å². The zero-order chi connectivity index (χ0) is 13.0. The molecule has 0 bridgehead atoms. The molecule has 0 radical (unpaired) electrons. The van der Waals surface area contributed by atoms with Gasteiger partial charge in [-0.05, 0) is 48.3 Å². The highest BCUT2D eigenvalue weighted by molar-refractivity contribution is 9.10. The highest BCUT2D eigenvalue weighted by atomic mass is 79.9. The van der Waals surface area contributed by atoms with E-state index in [2.05, 4.69) is 40.3 Å². The molecule has 1 heterocycles. The van der Waals surface area contributed by atoms with Crippen LogP contribution in [0.4, 0.5) is 0 Å². The van der Waals surface area contributed by atoms with E-state index in [0.717, 1.165) is 23.0 Å². The molecule has 1 unspecified atom stereocenters. The molecule has 4 heteroatoms. The molecule has 0 saturated heterocycles. The van der Waals surface area contributed by atoms with Crippen molar-refractivity contribution in [2.24, 2.45) is 0 Å². The number of nitrogens with one attached hydrogen (secondary N) is 1. The monoisotopic (exact) mass is 327 g/mol. The summed E-state index contributed by atoms with van der Waals surface area (Å²) < 4.78 is 6.26. The Bertz CT molecular complexity index is 512. The first-order chi connectivity index (χ1) is 8.70. The van der Waals surface area contributed by atoms with Crippen LogP contribution in [0, 0.1) is 0 Å². The van der Waals surface area contributed by atoms with Gasteiger partial charge in [0.2, 0.25) is 0 Å². The van der Waals surface area contributed by atoms with E-state index >= 15 is 0 Å². The van der Waals surface area contributed by atoms with Crippen LogP contribution in [0.25, 0.3) is 0 Å². The molecule has 1 aromatic heterocycles. The zero-order valence-corrected chi connectivity index (χ0v) is 12.5. The predicted molar refractivity (Wildman–Crippen MR) is 78.0 cm³/mol. The largest absolute Gasteiger partial charge is 0.453 e. The lowest BCUT2D eigenvalue weighted by atomic mass is 10.0. The van der Waals surface area contributed by atoms with E-state index in [1.807, 2.05) is 18.2 Å². The van der Waals surface area contributed by atoms with Gasteiger partial charge in [0.25, 0.3) is 0 Å². The minimum absolute atomic E-state index is 0.176. The van der Waals surface area contributed by atoms with Gasteiger partial charge in [0.15, 0.2) is 5.22 Å². The van der Waals surface area contributed by atoms with E-state index in [-0.39, 0.29) is 6.04 Å². The molecule has 2 nitrogen and oxygen atoms in total. The van der Waals surface area contributed by atoms with Crippen LogP contribution in [0.2, 0.25) is 5.22 Å². The van der Waals surface area contributed by atoms with Crippen LogP contribution in [0.3, 0.4) is 0 Å². The summed E-state index contributed by atoms with van der Waals surface area (Å²) in [5, 5.41) is 3.90. The van der Waals surface area contributed by atoms with Crippen LogP contribution in [-0.2, 0) is 6.42 Å². The highest BCUT2D eigenvalue weighted by Gasteiger charge is 2.16. The van der Waals surface area contributed by atoms with Gasteiger partial charge in [-0.2, -0.15) is 0 Å². The van der Waals surface area contributed by atoms with Gasteiger partial charge in [0, 0.05) is 16.1 Å². The van der Waals surface area contributed by atoms with Gasteiger partial charge in [-0.15, -0.1) is 0 Å². The third kappa shape index (κ3) is 3.37. The maximum absolute atomic E-state index is 6.05. The fraction of sp³-hybridized carbons (Fsp3) is 0.286. The molecule has 2 aromatic rings. The molecule has 0 aliphatic carbocycles. The van der Waals surface area contributed by atoms with Crippen molar-refractivity contribution in [3.63, 3.8) is 0 Å². The summed E-state index contributed by atoms with van der Waals surface area (Å²) in [5.74, 6) is 0. The maximum Gasteiger partial charge on any atom is 0.197 e. The number of rotatable bonds is 5. The van der Waals surface area contributed by atoms with Crippen LogP contribution in [-0.4, -0.2) is 6.54 Å². The Hall–Kier alpha value is -0.770. The molecule has 18 heavy (non-hydrogen) atoms. The Morgan fingerprint density at radius 2 is 2.22 bits per heavy atom. The molecule has 0 aliphatic rings. The van der Waals surface area contributed by atoms with Crippen molar-refractivity contribution in [2.45, 2.75) is 19.4 Å². The van der Waals surface area contributed by atoms with E-state index in [9.17, 15) is 0 Å². The smallest absolute Gasteiger partial charge is 0.197 e. The lowest BCUT2D eigenvalue weighted by molar-refractivity contribution is 0.526. The Labute approximate surface area is 120 Å². The summed E-state index contributed by atoms with van der Waals surface area (Å²) in [6.45, 7) is 2.97. The van der Waals surface area contributed by atoms with Gasteiger partial charge < -0.3 is 9.73 Å². The van der Waals surface area contributed by atoms with Crippen molar-refractivity contribution in [1.82, 2.24) is 5.32 Å². The van der Waals surface area contributed by atoms with Crippen LogP contribution < -0.4 is 5.32 Å². The first kappa shape index (κ1) is 13.7. The van der Waals surface area contributed by atoms with Gasteiger partial charge in [-0.1, -0.05) is 35.0 Å². The van der Waals surface area contributed by atoms with E-state index in [1.165, 1.54) is 5.56 Å². The van der Waals surface area contributed by atoms with E-state index < -0.39 is 0 Å². The quantitative estimate of drug-likeness (QED) is 0.868. The van der Waals surface area contributed by atoms with Crippen LogP contribution >= 0.6 is 27.5 Å². The molecule has 1 atom stereocenters. The number of benzene rings is 1. The lowest BCUT2D eigenvalue weighted by Crippen LogP contribution is -2.22. The van der Waals surface area contributed by atoms with E-state index in [4.69, 9.17) is 16.0 Å². The van der Waals surface area contributed by atoms with Crippen molar-refractivity contribution in [3.05, 3.63) is 57.4 Å². The average molecular weight is 329 g/mol. The summed E-state index contributed by atoms with van der Waals surface area (Å²) in [6.07, 6.45) is 2.51. The topological polar surface area (TPSA) is 25.2 Å². The summed E-state index contributed by atoms with van der Waals surface area (Å²) in [4.78, 5) is 0. The van der Waals surface area contributed by atoms with Gasteiger partial charge in [0.05, 0.1) is 6.26 Å². The second-order valence-electron chi connectivity index (χ2n) is 4.09. The molecule has 0 spiro atoms. The molecule has 0 saturated carbocycles. The molecule has 0 aliphatic heterocycles. The first-order valence-corrected chi connectivity index (χ1v) is 7.08. The molecule has 1 N–H and O–H groups in total. The van der Waals surface area contributed by atoms with Gasteiger partial charge in [-0.25, -0.2) is 0 Å². The molecule has 2 rings (SSSR count). The third-order valence-electron chi connectivity index (χ3n) is 2.80. The fourth-order valence-electron chi connectivity index (χ4n) is 1.99. The standard InChI is InChI=1S/C14H15BrClNO/c1-2-17-13(12-6-7-18-14(12)16)9-10-4-3-5-11(15)8-10/h3-8,13,17H,2,9H2,1H3. The maximum atomic E-state index is 6.05. The van der Waals surface area contributed by atoms with Crippen molar-refractivity contribution >= 4 is 27.5 Å². The second kappa shape index (κ2) is 6.41. The van der Waals surface area contributed by atoms with E-state index in [0.29, 0.717) is 5.22 Å². The number of hydrogen-bond acceptors (Lipinski definition) is 2. The van der Waals surface area contributed by atoms with E-state index in [1.54, 1.807) is 6.26 Å². The molecule has 1 aromatic carbocycles. The Morgan fingerprint density at radius 1 is 1.39 bits per heavy atom. The summed E-state index contributed by atoms with van der Waals surface area (Å²) in [5.41, 5.74) is 2.27. The molecule has 96 valence electrons. The molecular weight excluding hydrogens is 314 g/mol. The number of likely N-dealkylation sites (N-methyl/N-ethyl adjacent to an activating group) is 1. The number of hydrogen-bond donors (Lipinski definition) is 1. The molecular formula is C14H15BrClNO. The van der Waals surface area contributed by atoms with Crippen LogP contribution in [0.5, 0.6) is 0 Å². The number of halogens is 2. The third-order valence-corrected chi connectivity index (χ3v) is 3.60. The normalized spacial score (nSPS) is 12.6. The molecule has 0 fully saturated rings. The zero-order valence-electron chi connectivity index (χ0n) is 10.1. The number of furan rings is 1. The van der Waals surface area contributed by atoms with Crippen LogP contribution in [0.15, 0.2) is 45.5 Å². The van der Waals surface area contributed by atoms with Gasteiger partial charge in [-0.3, -0.25) is 0 Å². The fourth-order valence-corrected chi connectivity index (χ4v) is 2.68. The minimum Gasteiger partial charge on any atom is -0.453 e. The van der Waals surface area contributed by atoms with Crippen molar-refractivity contribution in [3.8, 4) is 0 Å². The summed E-state index contributed by atoms with van der Waals surface area (Å²) in [6, 6.07) is 10.4. The SMILES string of the molecule is CCNC(Cc1cccc(Br)c1)c1ccoc1Cl. The van der Waals surface area contributed by atoms with Gasteiger partial charge in [0.1, 0.15) is 0 Å². The molecule has 0 amide bonds. The Kier molecular flexibility index (Phi) is 4.87. The predicted octanol–water partition coefficient (Wildman–Crippen LogP) is 4.59. The summed E-state index contributed by atoms with van der Waals surface area (Å²) in [7, 11) is 0. The first-order valence-electron chi connectivity index (χ1n) is 5.91. The summed E-state index contributed by atoms with van der Waals surface area (Å²) >= 11 is 9.54. The van der Waals surface area contributed by atoms with Crippen LogP contribution in [0.1, 0.15) is 24.1 Å². The Morgan fingerprint density at radius 3 is 2.83 bits per heavy atom. The average Bonchev–Trinajstić information content (AvgIpc) is 2.75. The minimum atomic E-state index is 0.176. The van der Waals surface area contributed by atoms with Gasteiger partial charge >= 0.3 is 0 Å². The second-order valence-corrected chi connectivity index (χ2v) is 5.35.